The Morgan fingerprint density at radius 3 is 2.60 bits per heavy atom. The number of carbonyl (C=O) groups is 1. The van der Waals surface area contributed by atoms with Crippen LogP contribution >= 0.6 is 0 Å². The molecule has 4 nitrogen and oxygen atoms in total. The fourth-order valence-corrected chi connectivity index (χ4v) is 1.88. The highest BCUT2D eigenvalue weighted by molar-refractivity contribution is 5.74. The number of nitrogens with zero attached hydrogens (tertiary/aromatic N) is 2. The predicted molar refractivity (Wildman–Crippen MR) is 62.0 cm³/mol. The van der Waals surface area contributed by atoms with Gasteiger partial charge in [-0.1, -0.05) is 13.3 Å². The summed E-state index contributed by atoms with van der Waals surface area (Å²) >= 11 is 0. The highest BCUT2D eigenvalue weighted by Crippen LogP contribution is 2.08. The summed E-state index contributed by atoms with van der Waals surface area (Å²) in [7, 11) is 1.91. The summed E-state index contributed by atoms with van der Waals surface area (Å²) in [5, 5.41) is 3.25. The van der Waals surface area contributed by atoms with E-state index in [0.29, 0.717) is 6.04 Å². The van der Waals surface area contributed by atoms with E-state index in [1.165, 1.54) is 0 Å². The Morgan fingerprint density at radius 2 is 2.07 bits per heavy atom. The quantitative estimate of drug-likeness (QED) is 0.763. The maximum absolute atomic E-state index is 12.0. The topological polar surface area (TPSA) is 35.6 Å². The molecule has 0 aromatic carbocycles. The third-order valence-electron chi connectivity index (χ3n) is 3.06. The molecule has 1 aliphatic heterocycles. The number of amides is 2. The molecule has 1 N–H and O–H groups in total. The summed E-state index contributed by atoms with van der Waals surface area (Å²) in [4.78, 5) is 15.8. The minimum atomic E-state index is 0.178. The highest BCUT2D eigenvalue weighted by atomic mass is 16.2. The van der Waals surface area contributed by atoms with Gasteiger partial charge in [0.1, 0.15) is 0 Å². The van der Waals surface area contributed by atoms with E-state index in [0.717, 1.165) is 39.0 Å². The van der Waals surface area contributed by atoms with Gasteiger partial charge in [-0.15, -0.1) is 0 Å². The van der Waals surface area contributed by atoms with Crippen LogP contribution in [0.1, 0.15) is 26.7 Å². The normalized spacial score (nSPS) is 18.7. The molecule has 4 heteroatoms. The second-order valence-electron chi connectivity index (χ2n) is 4.27. The molecule has 1 aliphatic rings. The largest absolute Gasteiger partial charge is 0.325 e. The predicted octanol–water partition coefficient (Wildman–Crippen LogP) is 1.13. The van der Waals surface area contributed by atoms with Gasteiger partial charge in [-0.2, -0.15) is 0 Å². The minimum Gasteiger partial charge on any atom is -0.325 e. The average Bonchev–Trinajstić information content (AvgIpc) is 2.28. The van der Waals surface area contributed by atoms with Gasteiger partial charge in [0.2, 0.25) is 0 Å². The molecule has 1 atom stereocenters. The van der Waals surface area contributed by atoms with Crippen LogP contribution in [0.15, 0.2) is 0 Å². The number of hydrogen-bond acceptors (Lipinski definition) is 2. The summed E-state index contributed by atoms with van der Waals surface area (Å²) in [6, 6.07) is 0.523. The lowest BCUT2D eigenvalue weighted by Crippen LogP contribution is -2.52. The summed E-state index contributed by atoms with van der Waals surface area (Å²) in [5.41, 5.74) is 0. The third-order valence-corrected chi connectivity index (χ3v) is 3.06. The molecule has 15 heavy (non-hydrogen) atoms. The molecule has 1 unspecified atom stereocenters. The van der Waals surface area contributed by atoms with E-state index in [4.69, 9.17) is 0 Å². The molecule has 1 saturated heterocycles. The van der Waals surface area contributed by atoms with Gasteiger partial charge in [0, 0.05) is 39.3 Å². The van der Waals surface area contributed by atoms with Gasteiger partial charge in [0.15, 0.2) is 0 Å². The van der Waals surface area contributed by atoms with E-state index in [9.17, 15) is 4.79 Å². The van der Waals surface area contributed by atoms with E-state index in [1.807, 2.05) is 16.8 Å². The van der Waals surface area contributed by atoms with Crippen LogP contribution in [0.4, 0.5) is 4.79 Å². The van der Waals surface area contributed by atoms with Crippen LogP contribution in [0, 0.1) is 0 Å². The van der Waals surface area contributed by atoms with Gasteiger partial charge in [-0.25, -0.2) is 4.79 Å². The van der Waals surface area contributed by atoms with Crippen molar-refractivity contribution in [2.24, 2.45) is 0 Å². The lowest BCUT2D eigenvalue weighted by molar-refractivity contribution is 0.141. The molecule has 0 radical (unpaired) electrons. The minimum absolute atomic E-state index is 0.178. The van der Waals surface area contributed by atoms with Crippen LogP contribution < -0.4 is 5.32 Å². The number of urea groups is 1. The van der Waals surface area contributed by atoms with Crippen LogP contribution in [0.5, 0.6) is 0 Å². The monoisotopic (exact) mass is 213 g/mol. The Labute approximate surface area is 92.6 Å². The van der Waals surface area contributed by atoms with Gasteiger partial charge in [-0.05, 0) is 13.3 Å². The summed E-state index contributed by atoms with van der Waals surface area (Å²) < 4.78 is 0. The molecule has 88 valence electrons. The zero-order valence-corrected chi connectivity index (χ0v) is 10.1. The molecular weight excluding hydrogens is 190 g/mol. The molecule has 0 aliphatic carbocycles. The number of nitrogens with one attached hydrogen (secondary N) is 1. The van der Waals surface area contributed by atoms with Crippen molar-refractivity contribution in [1.29, 1.82) is 0 Å². The number of piperazine rings is 1. The first-order chi connectivity index (χ1) is 7.16. The Morgan fingerprint density at radius 1 is 1.47 bits per heavy atom. The van der Waals surface area contributed by atoms with Crippen molar-refractivity contribution in [1.82, 2.24) is 15.1 Å². The fourth-order valence-electron chi connectivity index (χ4n) is 1.88. The number of rotatable bonds is 3. The van der Waals surface area contributed by atoms with Crippen molar-refractivity contribution < 1.29 is 4.79 Å². The van der Waals surface area contributed by atoms with E-state index in [1.54, 1.807) is 0 Å². The van der Waals surface area contributed by atoms with Gasteiger partial charge >= 0.3 is 6.03 Å². The molecule has 0 aromatic rings. The smallest absolute Gasteiger partial charge is 0.320 e. The van der Waals surface area contributed by atoms with Crippen molar-refractivity contribution in [3.8, 4) is 0 Å². The van der Waals surface area contributed by atoms with Gasteiger partial charge in [0.25, 0.3) is 0 Å². The molecule has 2 amide bonds. The Bertz CT molecular complexity index is 202. The first kappa shape index (κ1) is 12.3. The van der Waals surface area contributed by atoms with Gasteiger partial charge < -0.3 is 15.1 Å². The van der Waals surface area contributed by atoms with Crippen molar-refractivity contribution in [2.45, 2.75) is 32.7 Å². The number of hydrogen-bond donors (Lipinski definition) is 1. The Kier molecular flexibility index (Phi) is 4.88. The van der Waals surface area contributed by atoms with Crippen LogP contribution in [0.2, 0.25) is 0 Å². The Balaban J connectivity index is 2.43. The number of carbonyl (C=O) groups excluding carboxylic acids is 1. The van der Waals surface area contributed by atoms with E-state index < -0.39 is 0 Å². The molecule has 0 aromatic heterocycles. The zero-order chi connectivity index (χ0) is 11.3. The van der Waals surface area contributed by atoms with Crippen molar-refractivity contribution in [2.75, 3.05) is 33.2 Å². The van der Waals surface area contributed by atoms with E-state index in [2.05, 4.69) is 19.2 Å². The maximum Gasteiger partial charge on any atom is 0.320 e. The summed E-state index contributed by atoms with van der Waals surface area (Å²) in [6.07, 6.45) is 2.20. The molecule has 0 saturated carbocycles. The standard InChI is InChI=1S/C11H23N3O/c1-4-5-10(2)13(3)11(15)14-8-6-12-7-9-14/h10,12H,4-9H2,1-3H3. The molecule has 0 spiro atoms. The highest BCUT2D eigenvalue weighted by Gasteiger charge is 2.22. The summed E-state index contributed by atoms with van der Waals surface area (Å²) in [6.45, 7) is 7.77. The lowest BCUT2D eigenvalue weighted by atomic mass is 10.2. The molecule has 1 rings (SSSR count). The second kappa shape index (κ2) is 5.95. The first-order valence-corrected chi connectivity index (χ1v) is 5.89. The summed E-state index contributed by atoms with van der Waals surface area (Å²) in [5.74, 6) is 0. The van der Waals surface area contributed by atoms with Crippen LogP contribution in [0.3, 0.4) is 0 Å². The van der Waals surface area contributed by atoms with Crippen molar-refractivity contribution in [3.63, 3.8) is 0 Å². The zero-order valence-electron chi connectivity index (χ0n) is 10.1. The molecule has 1 fully saturated rings. The van der Waals surface area contributed by atoms with Crippen molar-refractivity contribution in [3.05, 3.63) is 0 Å². The SMILES string of the molecule is CCCC(C)N(C)C(=O)N1CCNCC1. The van der Waals surface area contributed by atoms with Gasteiger partial charge in [-0.3, -0.25) is 0 Å². The average molecular weight is 213 g/mol. The Hall–Kier alpha value is -0.770. The second-order valence-corrected chi connectivity index (χ2v) is 4.27. The molecule has 0 bridgehead atoms. The third kappa shape index (κ3) is 3.38. The van der Waals surface area contributed by atoms with Crippen molar-refractivity contribution >= 4 is 6.03 Å². The van der Waals surface area contributed by atoms with Crippen LogP contribution in [0.25, 0.3) is 0 Å². The van der Waals surface area contributed by atoms with Crippen LogP contribution in [-0.2, 0) is 0 Å². The molecule has 1 heterocycles. The maximum atomic E-state index is 12.0. The first-order valence-electron chi connectivity index (χ1n) is 5.89. The fraction of sp³-hybridized carbons (Fsp3) is 0.909. The lowest BCUT2D eigenvalue weighted by Gasteiger charge is -2.34. The van der Waals surface area contributed by atoms with E-state index in [-0.39, 0.29) is 6.03 Å². The van der Waals surface area contributed by atoms with Gasteiger partial charge in [0.05, 0.1) is 0 Å². The molecular formula is C11H23N3O. The van der Waals surface area contributed by atoms with E-state index >= 15 is 0 Å². The van der Waals surface area contributed by atoms with Crippen LogP contribution in [-0.4, -0.2) is 55.1 Å².